The van der Waals surface area contributed by atoms with Gasteiger partial charge in [0.1, 0.15) is 11.3 Å². The Hall–Kier alpha value is -2.68. The van der Waals surface area contributed by atoms with Crippen LogP contribution in [0, 0.1) is 0 Å². The summed E-state index contributed by atoms with van der Waals surface area (Å²) in [5, 5.41) is 16.1. The van der Waals surface area contributed by atoms with Gasteiger partial charge in [0.15, 0.2) is 0 Å². The van der Waals surface area contributed by atoms with Crippen LogP contribution in [0.4, 0.5) is 5.69 Å². The van der Waals surface area contributed by atoms with E-state index in [0.29, 0.717) is 28.2 Å². The van der Waals surface area contributed by atoms with E-state index < -0.39 is 0 Å². The normalized spacial score (nSPS) is 13.8. The first-order chi connectivity index (χ1) is 12.3. The first-order valence-corrected chi connectivity index (χ1v) is 8.87. The molecule has 1 saturated carbocycles. The second kappa shape index (κ2) is 6.67. The SMILES string of the molecule is COc1ccc(NC(=O)CSc2nnnn2C2CC2)c2cccnc12. The smallest absolute Gasteiger partial charge is 0.234 e. The van der Waals surface area contributed by atoms with E-state index in [-0.39, 0.29) is 11.7 Å². The van der Waals surface area contributed by atoms with Crippen LogP contribution >= 0.6 is 11.8 Å². The van der Waals surface area contributed by atoms with Gasteiger partial charge in [0.2, 0.25) is 11.1 Å². The molecular formula is C16H16N6O2S. The molecule has 25 heavy (non-hydrogen) atoms. The zero-order valence-corrected chi connectivity index (χ0v) is 14.4. The van der Waals surface area contributed by atoms with Crippen LogP contribution in [0.1, 0.15) is 18.9 Å². The fraction of sp³-hybridized carbons (Fsp3) is 0.312. The van der Waals surface area contributed by atoms with Crippen LogP contribution in [0.5, 0.6) is 5.75 Å². The zero-order valence-electron chi connectivity index (χ0n) is 13.5. The van der Waals surface area contributed by atoms with E-state index in [2.05, 4.69) is 25.8 Å². The van der Waals surface area contributed by atoms with Crippen LogP contribution in [-0.4, -0.2) is 44.0 Å². The third-order valence-corrected chi connectivity index (χ3v) is 4.85. The lowest BCUT2D eigenvalue weighted by Gasteiger charge is -2.10. The molecule has 4 rings (SSSR count). The van der Waals surface area contributed by atoms with Crippen molar-refractivity contribution in [2.75, 3.05) is 18.2 Å². The third-order valence-electron chi connectivity index (χ3n) is 3.91. The van der Waals surface area contributed by atoms with E-state index in [1.807, 2.05) is 18.2 Å². The van der Waals surface area contributed by atoms with Gasteiger partial charge >= 0.3 is 0 Å². The molecule has 0 bridgehead atoms. The van der Waals surface area contributed by atoms with E-state index in [1.165, 1.54) is 11.8 Å². The van der Waals surface area contributed by atoms with Crippen molar-refractivity contribution in [3.05, 3.63) is 30.5 Å². The Morgan fingerprint density at radius 1 is 1.40 bits per heavy atom. The summed E-state index contributed by atoms with van der Waals surface area (Å²) in [5.74, 6) is 0.790. The number of ether oxygens (including phenoxy) is 1. The lowest BCUT2D eigenvalue weighted by atomic mass is 10.1. The highest BCUT2D eigenvalue weighted by Crippen LogP contribution is 2.36. The number of nitrogens with one attached hydrogen (secondary N) is 1. The van der Waals surface area contributed by atoms with E-state index in [4.69, 9.17) is 4.74 Å². The van der Waals surface area contributed by atoms with Gasteiger partial charge in [-0.1, -0.05) is 11.8 Å². The molecule has 2 aromatic heterocycles. The fourth-order valence-corrected chi connectivity index (χ4v) is 3.31. The number of nitrogens with zero attached hydrogens (tertiary/aromatic N) is 5. The molecule has 2 heterocycles. The van der Waals surface area contributed by atoms with Crippen LogP contribution in [0.25, 0.3) is 10.9 Å². The summed E-state index contributed by atoms with van der Waals surface area (Å²) >= 11 is 1.34. The number of benzene rings is 1. The largest absolute Gasteiger partial charge is 0.494 e. The van der Waals surface area contributed by atoms with Gasteiger partial charge in [-0.2, -0.15) is 0 Å². The lowest BCUT2D eigenvalue weighted by Crippen LogP contribution is -2.15. The van der Waals surface area contributed by atoms with E-state index in [1.54, 1.807) is 24.1 Å². The maximum atomic E-state index is 12.3. The first-order valence-electron chi connectivity index (χ1n) is 7.88. The Balaban J connectivity index is 1.47. The number of pyridine rings is 1. The highest BCUT2D eigenvalue weighted by molar-refractivity contribution is 7.99. The Kier molecular flexibility index (Phi) is 4.22. The van der Waals surface area contributed by atoms with Gasteiger partial charge in [-0.05, 0) is 47.5 Å². The summed E-state index contributed by atoms with van der Waals surface area (Å²) in [5.41, 5.74) is 1.42. The van der Waals surface area contributed by atoms with Crippen molar-refractivity contribution in [3.63, 3.8) is 0 Å². The molecule has 0 spiro atoms. The Morgan fingerprint density at radius 3 is 3.08 bits per heavy atom. The highest BCUT2D eigenvalue weighted by Gasteiger charge is 2.28. The molecule has 1 aromatic carbocycles. The van der Waals surface area contributed by atoms with Crippen molar-refractivity contribution in [1.82, 2.24) is 25.2 Å². The van der Waals surface area contributed by atoms with E-state index >= 15 is 0 Å². The van der Waals surface area contributed by atoms with Gasteiger partial charge in [0.25, 0.3) is 0 Å². The predicted octanol–water partition coefficient (Wildman–Crippen LogP) is 2.30. The number of carbonyl (C=O) groups excluding carboxylic acids is 1. The Labute approximate surface area is 148 Å². The highest BCUT2D eigenvalue weighted by atomic mass is 32.2. The van der Waals surface area contributed by atoms with Gasteiger partial charge in [0.05, 0.1) is 24.6 Å². The molecule has 1 amide bonds. The van der Waals surface area contributed by atoms with Gasteiger partial charge in [-0.25, -0.2) is 4.68 Å². The van der Waals surface area contributed by atoms with Gasteiger partial charge in [0, 0.05) is 11.6 Å². The first kappa shape index (κ1) is 15.8. The molecule has 1 aliphatic rings. The minimum Gasteiger partial charge on any atom is -0.494 e. The molecular weight excluding hydrogens is 340 g/mol. The number of anilines is 1. The summed E-state index contributed by atoms with van der Waals surface area (Å²) in [4.78, 5) is 16.7. The number of carbonyl (C=O) groups is 1. The summed E-state index contributed by atoms with van der Waals surface area (Å²) in [6.07, 6.45) is 3.88. The number of fused-ring (bicyclic) bond motifs is 1. The number of rotatable bonds is 6. The number of hydrogen-bond donors (Lipinski definition) is 1. The van der Waals surface area contributed by atoms with Gasteiger partial charge < -0.3 is 10.1 Å². The van der Waals surface area contributed by atoms with E-state index in [9.17, 15) is 4.79 Å². The molecule has 128 valence electrons. The molecule has 0 atom stereocenters. The second-order valence-electron chi connectivity index (χ2n) is 5.69. The van der Waals surface area contributed by atoms with Crippen molar-refractivity contribution in [3.8, 4) is 5.75 Å². The van der Waals surface area contributed by atoms with Crippen LogP contribution < -0.4 is 10.1 Å². The van der Waals surface area contributed by atoms with Gasteiger partial charge in [-0.3, -0.25) is 9.78 Å². The van der Waals surface area contributed by atoms with E-state index in [0.717, 1.165) is 18.2 Å². The number of thioether (sulfide) groups is 1. The summed E-state index contributed by atoms with van der Waals surface area (Å²) in [7, 11) is 1.60. The number of hydrogen-bond acceptors (Lipinski definition) is 7. The molecule has 1 N–H and O–H groups in total. The van der Waals surface area contributed by atoms with Crippen LogP contribution in [0.15, 0.2) is 35.6 Å². The van der Waals surface area contributed by atoms with Crippen molar-refractivity contribution < 1.29 is 9.53 Å². The number of methoxy groups -OCH3 is 1. The molecule has 1 fully saturated rings. The Morgan fingerprint density at radius 2 is 2.28 bits per heavy atom. The second-order valence-corrected chi connectivity index (χ2v) is 6.63. The topological polar surface area (TPSA) is 94.8 Å². The minimum absolute atomic E-state index is 0.120. The lowest BCUT2D eigenvalue weighted by molar-refractivity contribution is -0.113. The summed E-state index contributed by atoms with van der Waals surface area (Å²) < 4.78 is 7.12. The van der Waals surface area contributed by atoms with Crippen LogP contribution in [0.2, 0.25) is 0 Å². The minimum atomic E-state index is -0.120. The number of tetrazole rings is 1. The average molecular weight is 356 g/mol. The molecule has 3 aromatic rings. The third kappa shape index (κ3) is 3.27. The fourth-order valence-electron chi connectivity index (χ4n) is 2.57. The molecule has 8 nitrogen and oxygen atoms in total. The summed E-state index contributed by atoms with van der Waals surface area (Å²) in [6.45, 7) is 0. The number of aromatic nitrogens is 5. The van der Waals surface area contributed by atoms with Gasteiger partial charge in [-0.15, -0.1) is 5.10 Å². The number of amides is 1. The van der Waals surface area contributed by atoms with Crippen molar-refractivity contribution in [1.29, 1.82) is 0 Å². The molecule has 0 unspecified atom stereocenters. The standard InChI is InChI=1S/C16H16N6O2S/c1-24-13-7-6-12(11-3-2-8-17-15(11)13)18-14(23)9-25-16-19-20-21-22(16)10-4-5-10/h2-3,6-8,10H,4-5,9H2,1H3,(H,18,23). The quantitative estimate of drug-likeness (QED) is 0.677. The maximum absolute atomic E-state index is 12.3. The van der Waals surface area contributed by atoms with Crippen LogP contribution in [-0.2, 0) is 4.79 Å². The maximum Gasteiger partial charge on any atom is 0.234 e. The molecule has 9 heteroatoms. The predicted molar refractivity (Wildman–Crippen MR) is 93.7 cm³/mol. The summed E-state index contributed by atoms with van der Waals surface area (Å²) in [6, 6.07) is 7.74. The van der Waals surface area contributed by atoms with Crippen molar-refractivity contribution in [2.24, 2.45) is 0 Å². The Bertz CT molecular complexity index is 924. The zero-order chi connectivity index (χ0) is 17.2. The van der Waals surface area contributed by atoms with Crippen molar-refractivity contribution in [2.45, 2.75) is 24.0 Å². The molecule has 1 aliphatic carbocycles. The average Bonchev–Trinajstić information content (AvgIpc) is 3.38. The molecule has 0 aliphatic heterocycles. The molecule has 0 saturated heterocycles. The van der Waals surface area contributed by atoms with Crippen LogP contribution in [0.3, 0.4) is 0 Å². The molecule has 0 radical (unpaired) electrons. The van der Waals surface area contributed by atoms with Crippen molar-refractivity contribution >= 4 is 34.3 Å². The monoisotopic (exact) mass is 356 g/mol.